The zero-order chi connectivity index (χ0) is 15.2. The standard InChI is InChI=1S/C15H18ClN3O2/c1-11-14(10-17-8-3-9-21-2)15(20)19(18-11)13-6-4-12(16)5-7-13/h4-7,10,14H,3,8-9H2,1-2H3/t14-/m0/s1. The van der Waals surface area contributed by atoms with Crippen molar-refractivity contribution in [3.8, 4) is 0 Å². The molecule has 1 aliphatic heterocycles. The number of benzene rings is 1. The van der Waals surface area contributed by atoms with Crippen molar-refractivity contribution in [2.24, 2.45) is 16.0 Å². The summed E-state index contributed by atoms with van der Waals surface area (Å²) in [6, 6.07) is 7.02. The normalized spacial score (nSPS) is 18.6. The maximum Gasteiger partial charge on any atom is 0.261 e. The topological polar surface area (TPSA) is 54.3 Å². The Kier molecular flexibility index (Phi) is 5.47. The van der Waals surface area contributed by atoms with Crippen LogP contribution in [0.1, 0.15) is 13.3 Å². The van der Waals surface area contributed by atoms with Crippen molar-refractivity contribution in [3.05, 3.63) is 29.3 Å². The summed E-state index contributed by atoms with van der Waals surface area (Å²) < 4.78 is 4.96. The summed E-state index contributed by atoms with van der Waals surface area (Å²) in [6.45, 7) is 3.14. The number of amides is 1. The molecule has 1 aromatic rings. The first-order valence-corrected chi connectivity index (χ1v) is 7.15. The third-order valence-corrected chi connectivity index (χ3v) is 3.40. The lowest BCUT2D eigenvalue weighted by Crippen LogP contribution is -2.28. The van der Waals surface area contributed by atoms with E-state index in [9.17, 15) is 4.79 Å². The largest absolute Gasteiger partial charge is 0.385 e. The van der Waals surface area contributed by atoms with Crippen LogP contribution in [0.5, 0.6) is 0 Å². The molecule has 1 atom stereocenters. The van der Waals surface area contributed by atoms with Crippen LogP contribution in [0.3, 0.4) is 0 Å². The molecule has 1 aromatic carbocycles. The minimum absolute atomic E-state index is 0.0923. The van der Waals surface area contributed by atoms with Gasteiger partial charge in [-0.25, -0.2) is 0 Å². The number of hydrazone groups is 1. The number of hydrogen-bond donors (Lipinski definition) is 0. The maximum absolute atomic E-state index is 12.4. The van der Waals surface area contributed by atoms with Crippen molar-refractivity contribution >= 4 is 35.1 Å². The number of anilines is 1. The number of carbonyl (C=O) groups excluding carboxylic acids is 1. The Labute approximate surface area is 129 Å². The van der Waals surface area contributed by atoms with E-state index in [0.717, 1.165) is 12.1 Å². The van der Waals surface area contributed by atoms with Crippen molar-refractivity contribution in [3.63, 3.8) is 0 Å². The van der Waals surface area contributed by atoms with Gasteiger partial charge in [-0.05, 0) is 37.6 Å². The molecule has 0 spiro atoms. The third kappa shape index (κ3) is 3.89. The van der Waals surface area contributed by atoms with E-state index in [1.807, 2.05) is 6.92 Å². The van der Waals surface area contributed by atoms with Crippen molar-refractivity contribution < 1.29 is 9.53 Å². The second kappa shape index (κ2) is 7.33. The van der Waals surface area contributed by atoms with Gasteiger partial charge in [-0.1, -0.05) is 11.6 Å². The van der Waals surface area contributed by atoms with E-state index in [4.69, 9.17) is 16.3 Å². The molecule has 0 aliphatic carbocycles. The molecule has 1 amide bonds. The first-order chi connectivity index (χ1) is 10.1. The second-order valence-electron chi connectivity index (χ2n) is 4.75. The van der Waals surface area contributed by atoms with Crippen LogP contribution in [0.4, 0.5) is 5.69 Å². The van der Waals surface area contributed by atoms with Crippen molar-refractivity contribution in [2.75, 3.05) is 25.3 Å². The van der Waals surface area contributed by atoms with Gasteiger partial charge in [0.1, 0.15) is 5.92 Å². The number of carbonyl (C=O) groups is 1. The molecule has 0 radical (unpaired) electrons. The molecule has 1 heterocycles. The minimum Gasteiger partial charge on any atom is -0.385 e. The number of nitrogens with zero attached hydrogens (tertiary/aromatic N) is 3. The average molecular weight is 308 g/mol. The summed E-state index contributed by atoms with van der Waals surface area (Å²) in [7, 11) is 1.66. The van der Waals surface area contributed by atoms with Gasteiger partial charge < -0.3 is 4.74 Å². The molecular formula is C15H18ClN3O2. The van der Waals surface area contributed by atoms with Crippen LogP contribution in [0.2, 0.25) is 5.02 Å². The Morgan fingerprint density at radius 2 is 2.14 bits per heavy atom. The van der Waals surface area contributed by atoms with Gasteiger partial charge in [0.05, 0.1) is 11.4 Å². The molecule has 0 N–H and O–H groups in total. The van der Waals surface area contributed by atoms with Crippen molar-refractivity contribution in [1.82, 2.24) is 0 Å². The van der Waals surface area contributed by atoms with Gasteiger partial charge in [0, 0.05) is 31.5 Å². The van der Waals surface area contributed by atoms with Crippen molar-refractivity contribution in [2.45, 2.75) is 13.3 Å². The quantitative estimate of drug-likeness (QED) is 0.599. The molecule has 1 aliphatic rings. The Bertz CT molecular complexity index is 555. The number of methoxy groups -OCH3 is 1. The monoisotopic (exact) mass is 307 g/mol. The zero-order valence-electron chi connectivity index (χ0n) is 12.1. The summed E-state index contributed by atoms with van der Waals surface area (Å²) in [6.07, 6.45) is 2.51. The molecule has 0 saturated carbocycles. The number of aliphatic imine (C=N–C) groups is 1. The van der Waals surface area contributed by atoms with E-state index in [-0.39, 0.29) is 11.8 Å². The predicted molar refractivity (Wildman–Crippen MR) is 85.4 cm³/mol. The zero-order valence-corrected chi connectivity index (χ0v) is 12.9. The molecule has 5 nitrogen and oxygen atoms in total. The molecule has 0 fully saturated rings. The SMILES string of the molecule is COCCCN=C[C@@H]1C(=O)N(c2ccc(Cl)cc2)N=C1C. The fraction of sp³-hybridized carbons (Fsp3) is 0.400. The summed E-state index contributed by atoms with van der Waals surface area (Å²) in [5.41, 5.74) is 1.45. The van der Waals surface area contributed by atoms with Gasteiger partial charge >= 0.3 is 0 Å². The van der Waals surface area contributed by atoms with Gasteiger partial charge in [0.2, 0.25) is 0 Å². The van der Waals surface area contributed by atoms with Crippen molar-refractivity contribution in [1.29, 1.82) is 0 Å². The van der Waals surface area contributed by atoms with Crippen LogP contribution >= 0.6 is 11.6 Å². The van der Waals surface area contributed by atoms with Gasteiger partial charge in [-0.15, -0.1) is 0 Å². The molecule has 0 saturated heterocycles. The summed E-state index contributed by atoms with van der Waals surface area (Å²) in [5.74, 6) is -0.478. The van der Waals surface area contributed by atoms with Crippen LogP contribution in [-0.4, -0.2) is 38.1 Å². The fourth-order valence-corrected chi connectivity index (χ4v) is 2.12. The average Bonchev–Trinajstić information content (AvgIpc) is 2.75. The minimum atomic E-state index is -0.386. The van der Waals surface area contributed by atoms with E-state index in [2.05, 4.69) is 10.1 Å². The van der Waals surface area contributed by atoms with E-state index in [1.54, 1.807) is 37.6 Å². The first-order valence-electron chi connectivity index (χ1n) is 6.77. The number of rotatable bonds is 6. The summed E-state index contributed by atoms with van der Waals surface area (Å²) in [5, 5.41) is 6.33. The van der Waals surface area contributed by atoms with Gasteiger partial charge in [0.15, 0.2) is 0 Å². The first kappa shape index (κ1) is 15.7. The molecule has 21 heavy (non-hydrogen) atoms. The summed E-state index contributed by atoms with van der Waals surface area (Å²) >= 11 is 5.85. The predicted octanol–water partition coefficient (Wildman–Crippen LogP) is 2.79. The van der Waals surface area contributed by atoms with Crippen LogP contribution in [0.15, 0.2) is 34.4 Å². The van der Waals surface area contributed by atoms with E-state index < -0.39 is 0 Å². The smallest absolute Gasteiger partial charge is 0.261 e. The highest BCUT2D eigenvalue weighted by Crippen LogP contribution is 2.24. The van der Waals surface area contributed by atoms with Crippen LogP contribution in [-0.2, 0) is 9.53 Å². The van der Waals surface area contributed by atoms with Gasteiger partial charge in [0.25, 0.3) is 5.91 Å². The molecule has 6 heteroatoms. The molecule has 0 unspecified atom stereocenters. The van der Waals surface area contributed by atoms with Crippen LogP contribution in [0, 0.1) is 5.92 Å². The number of halogens is 1. The molecular weight excluding hydrogens is 290 g/mol. The Hall–Kier alpha value is -1.72. The lowest BCUT2D eigenvalue weighted by atomic mass is 10.1. The van der Waals surface area contributed by atoms with Gasteiger partial charge in [-0.2, -0.15) is 10.1 Å². The fourth-order valence-electron chi connectivity index (χ4n) is 2.00. The molecule has 0 aromatic heterocycles. The van der Waals surface area contributed by atoms with Gasteiger partial charge in [-0.3, -0.25) is 9.79 Å². The Morgan fingerprint density at radius 3 is 2.81 bits per heavy atom. The number of hydrogen-bond acceptors (Lipinski definition) is 4. The summed E-state index contributed by atoms with van der Waals surface area (Å²) in [4.78, 5) is 16.7. The molecule has 2 rings (SSSR count). The maximum atomic E-state index is 12.4. The highest BCUT2D eigenvalue weighted by molar-refractivity contribution is 6.30. The molecule has 0 bridgehead atoms. The van der Waals surface area contributed by atoms with E-state index in [0.29, 0.717) is 23.9 Å². The molecule has 112 valence electrons. The van der Waals surface area contributed by atoms with E-state index >= 15 is 0 Å². The number of ether oxygens (including phenoxy) is 1. The van der Waals surface area contributed by atoms with E-state index in [1.165, 1.54) is 5.01 Å². The van der Waals surface area contributed by atoms with Crippen LogP contribution in [0.25, 0.3) is 0 Å². The highest BCUT2D eigenvalue weighted by atomic mass is 35.5. The lowest BCUT2D eigenvalue weighted by Gasteiger charge is -2.12. The highest BCUT2D eigenvalue weighted by Gasteiger charge is 2.32. The Morgan fingerprint density at radius 1 is 1.43 bits per heavy atom. The Balaban J connectivity index is 2.02. The third-order valence-electron chi connectivity index (χ3n) is 3.14. The second-order valence-corrected chi connectivity index (χ2v) is 5.18. The lowest BCUT2D eigenvalue weighted by molar-refractivity contribution is -0.118. The van der Waals surface area contributed by atoms with Crippen LogP contribution < -0.4 is 5.01 Å².